The van der Waals surface area contributed by atoms with Gasteiger partial charge in [-0.1, -0.05) is 18.2 Å². The van der Waals surface area contributed by atoms with Crippen LogP contribution in [0.4, 0.5) is 10.5 Å². The summed E-state index contributed by atoms with van der Waals surface area (Å²) >= 11 is 5.30. The van der Waals surface area contributed by atoms with Crippen LogP contribution < -0.4 is 10.1 Å². The number of ether oxygens (including phenoxy) is 1. The van der Waals surface area contributed by atoms with Gasteiger partial charge < -0.3 is 15.0 Å². The van der Waals surface area contributed by atoms with Crippen molar-refractivity contribution in [3.63, 3.8) is 0 Å². The van der Waals surface area contributed by atoms with Gasteiger partial charge in [0.25, 0.3) is 0 Å². The minimum absolute atomic E-state index is 0.00678. The lowest BCUT2D eigenvalue weighted by molar-refractivity contribution is 0.214. The number of hydrogen-bond donors (Lipinski definition) is 1. The molecule has 1 N–H and O–H groups in total. The summed E-state index contributed by atoms with van der Waals surface area (Å²) < 4.78 is 6.19. The van der Waals surface area contributed by atoms with Crippen LogP contribution in [0.5, 0.6) is 5.75 Å². The summed E-state index contributed by atoms with van der Waals surface area (Å²) in [6.07, 6.45) is 0. The first-order valence-electron chi connectivity index (χ1n) is 8.09. The van der Waals surface area contributed by atoms with Crippen LogP contribution in [-0.2, 0) is 0 Å². The molecule has 1 unspecified atom stereocenters. The number of carbonyl (C=O) groups excluding carboxylic acids is 1. The van der Waals surface area contributed by atoms with Crippen LogP contribution in [0.1, 0.15) is 22.1 Å². The van der Waals surface area contributed by atoms with E-state index in [1.54, 1.807) is 18.9 Å². The van der Waals surface area contributed by atoms with Gasteiger partial charge in [-0.3, -0.25) is 0 Å². The largest absolute Gasteiger partial charge is 0.496 e. The Balaban J connectivity index is 1.80. The maximum absolute atomic E-state index is 12.8. The van der Waals surface area contributed by atoms with E-state index in [4.69, 9.17) is 4.74 Å². The molecule has 1 atom stereocenters. The topological polar surface area (TPSA) is 41.6 Å². The molecule has 0 saturated carbocycles. The summed E-state index contributed by atoms with van der Waals surface area (Å²) in [4.78, 5) is 14.7. The van der Waals surface area contributed by atoms with Crippen molar-refractivity contribution in [1.29, 1.82) is 0 Å². The van der Waals surface area contributed by atoms with Gasteiger partial charge in [-0.25, -0.2) is 4.79 Å². The fourth-order valence-corrected chi connectivity index (χ4v) is 4.65. The Morgan fingerprint density at radius 1 is 1.28 bits per heavy atom. The third-order valence-electron chi connectivity index (χ3n) is 4.25. The Morgan fingerprint density at radius 2 is 2.08 bits per heavy atom. The Bertz CT molecular complexity index is 797. The van der Waals surface area contributed by atoms with Crippen LogP contribution >= 0.6 is 27.7 Å². The smallest absolute Gasteiger partial charge is 0.323 e. The molecule has 0 radical (unpaired) electrons. The predicted octanol–water partition coefficient (Wildman–Crippen LogP) is 5.35. The van der Waals surface area contributed by atoms with Gasteiger partial charge in [0.2, 0.25) is 0 Å². The second kappa shape index (κ2) is 7.70. The van der Waals surface area contributed by atoms with Crippen LogP contribution in [0.15, 0.2) is 40.9 Å². The number of methoxy groups -OCH3 is 1. The molecule has 1 aliphatic rings. The number of nitrogens with zero attached hydrogens (tertiary/aromatic N) is 1. The van der Waals surface area contributed by atoms with Crippen molar-refractivity contribution < 1.29 is 9.53 Å². The normalized spacial score (nSPS) is 16.8. The summed E-state index contributed by atoms with van der Waals surface area (Å²) in [7, 11) is 1.65. The molecule has 25 heavy (non-hydrogen) atoms. The van der Waals surface area contributed by atoms with E-state index in [1.807, 2.05) is 55.1 Å². The van der Waals surface area contributed by atoms with E-state index in [9.17, 15) is 4.79 Å². The summed E-state index contributed by atoms with van der Waals surface area (Å²) in [5.74, 6) is 1.72. The van der Waals surface area contributed by atoms with E-state index >= 15 is 0 Å². The van der Waals surface area contributed by atoms with Gasteiger partial charge in [-0.2, -0.15) is 0 Å². The van der Waals surface area contributed by atoms with Gasteiger partial charge in [0.15, 0.2) is 0 Å². The van der Waals surface area contributed by atoms with Gasteiger partial charge in [0.1, 0.15) is 11.1 Å². The Kier molecular flexibility index (Phi) is 5.59. The van der Waals surface area contributed by atoms with E-state index in [0.717, 1.165) is 44.9 Å². The predicted molar refractivity (Wildman–Crippen MR) is 108 cm³/mol. The molecular formula is C19H21BrN2O2S. The summed E-state index contributed by atoms with van der Waals surface area (Å²) in [5, 5.41) is 3.07. The fourth-order valence-electron chi connectivity index (χ4n) is 2.85. The molecule has 1 fully saturated rings. The van der Waals surface area contributed by atoms with Crippen LogP contribution in [0.25, 0.3) is 0 Å². The molecule has 3 rings (SSSR count). The maximum atomic E-state index is 12.8. The van der Waals surface area contributed by atoms with Crippen molar-refractivity contribution in [2.75, 3.05) is 24.7 Å². The number of urea groups is 1. The lowest BCUT2D eigenvalue weighted by Gasteiger charge is -2.25. The van der Waals surface area contributed by atoms with E-state index < -0.39 is 0 Å². The standard InChI is InChI=1S/C19H21BrN2O2S/c1-12-4-5-13(2)16(10-12)21-19(23)22-8-9-25-18(22)14-6-7-17(24-3)15(20)11-14/h4-7,10-11,18H,8-9H2,1-3H3,(H,21,23). The lowest BCUT2D eigenvalue weighted by Crippen LogP contribution is -2.34. The second-order valence-corrected chi connectivity index (χ2v) is 8.10. The Morgan fingerprint density at radius 3 is 2.80 bits per heavy atom. The highest BCUT2D eigenvalue weighted by Crippen LogP contribution is 2.40. The molecule has 132 valence electrons. The molecular weight excluding hydrogens is 400 g/mol. The zero-order chi connectivity index (χ0) is 18.0. The molecule has 2 amide bonds. The second-order valence-electron chi connectivity index (χ2n) is 6.06. The number of aryl methyl sites for hydroxylation is 2. The number of hydrogen-bond acceptors (Lipinski definition) is 3. The van der Waals surface area contributed by atoms with Crippen LogP contribution in [0, 0.1) is 13.8 Å². The lowest BCUT2D eigenvalue weighted by atomic mass is 10.1. The Hall–Kier alpha value is -1.66. The van der Waals surface area contributed by atoms with Crippen molar-refractivity contribution in [1.82, 2.24) is 4.90 Å². The van der Waals surface area contributed by atoms with Crippen molar-refractivity contribution >= 4 is 39.4 Å². The zero-order valence-electron chi connectivity index (χ0n) is 14.5. The molecule has 0 aromatic heterocycles. The summed E-state index contributed by atoms with van der Waals surface area (Å²) in [6.45, 7) is 4.76. The molecule has 0 aliphatic carbocycles. The summed E-state index contributed by atoms with van der Waals surface area (Å²) in [5.41, 5.74) is 4.16. The van der Waals surface area contributed by atoms with Gasteiger partial charge in [-0.15, -0.1) is 11.8 Å². The highest BCUT2D eigenvalue weighted by molar-refractivity contribution is 9.10. The monoisotopic (exact) mass is 420 g/mol. The number of anilines is 1. The highest BCUT2D eigenvalue weighted by Gasteiger charge is 2.31. The first-order valence-corrected chi connectivity index (χ1v) is 9.93. The van der Waals surface area contributed by atoms with Crippen molar-refractivity contribution in [3.8, 4) is 5.75 Å². The molecule has 1 aliphatic heterocycles. The van der Waals surface area contributed by atoms with Crippen molar-refractivity contribution in [2.45, 2.75) is 19.2 Å². The number of rotatable bonds is 3. The van der Waals surface area contributed by atoms with Gasteiger partial charge >= 0.3 is 6.03 Å². The fraction of sp³-hybridized carbons (Fsp3) is 0.316. The average Bonchev–Trinajstić information content (AvgIpc) is 3.08. The third kappa shape index (κ3) is 3.96. The minimum atomic E-state index is -0.0596. The maximum Gasteiger partial charge on any atom is 0.323 e. The van der Waals surface area contributed by atoms with Crippen LogP contribution in [-0.4, -0.2) is 30.3 Å². The van der Waals surface area contributed by atoms with Gasteiger partial charge in [-0.05, 0) is 64.7 Å². The number of halogens is 1. The first-order chi connectivity index (χ1) is 12.0. The SMILES string of the molecule is COc1ccc(C2SCCN2C(=O)Nc2cc(C)ccc2C)cc1Br. The van der Waals surface area contributed by atoms with E-state index in [0.29, 0.717) is 0 Å². The molecule has 4 nitrogen and oxygen atoms in total. The Labute approximate surface area is 161 Å². The van der Waals surface area contributed by atoms with Crippen molar-refractivity contribution in [3.05, 3.63) is 57.6 Å². The quantitative estimate of drug-likeness (QED) is 0.726. The first kappa shape index (κ1) is 18.1. The number of nitrogens with one attached hydrogen (secondary N) is 1. The van der Waals surface area contributed by atoms with E-state index in [1.165, 1.54) is 0 Å². The zero-order valence-corrected chi connectivity index (χ0v) is 16.9. The van der Waals surface area contributed by atoms with Gasteiger partial charge in [0.05, 0.1) is 11.6 Å². The molecule has 0 spiro atoms. The minimum Gasteiger partial charge on any atom is -0.496 e. The van der Waals surface area contributed by atoms with Crippen LogP contribution in [0.3, 0.4) is 0 Å². The molecule has 2 aromatic carbocycles. The highest BCUT2D eigenvalue weighted by atomic mass is 79.9. The number of thioether (sulfide) groups is 1. The average molecular weight is 421 g/mol. The summed E-state index contributed by atoms with van der Waals surface area (Å²) in [6, 6.07) is 12.0. The molecule has 1 heterocycles. The van der Waals surface area contributed by atoms with E-state index in [-0.39, 0.29) is 11.4 Å². The number of benzene rings is 2. The number of amides is 2. The van der Waals surface area contributed by atoms with Crippen molar-refractivity contribution in [2.24, 2.45) is 0 Å². The van der Waals surface area contributed by atoms with Crippen LogP contribution in [0.2, 0.25) is 0 Å². The number of carbonyl (C=O) groups is 1. The van der Waals surface area contributed by atoms with Gasteiger partial charge in [0, 0.05) is 18.0 Å². The molecule has 6 heteroatoms. The molecule has 2 aromatic rings. The van der Waals surface area contributed by atoms with E-state index in [2.05, 4.69) is 21.2 Å². The third-order valence-corrected chi connectivity index (χ3v) is 6.13. The molecule has 1 saturated heterocycles. The molecule has 0 bridgehead atoms.